The van der Waals surface area contributed by atoms with E-state index in [1.807, 2.05) is 30.3 Å². The number of aryl methyl sites for hydroxylation is 1. The summed E-state index contributed by atoms with van der Waals surface area (Å²) in [6.07, 6.45) is 0.0890. The van der Waals surface area contributed by atoms with Gasteiger partial charge < -0.3 is 14.7 Å². The first-order valence-corrected chi connectivity index (χ1v) is 8.79. The molecule has 0 bridgehead atoms. The van der Waals surface area contributed by atoms with Gasteiger partial charge in [-0.25, -0.2) is 4.79 Å². The fourth-order valence-corrected chi connectivity index (χ4v) is 3.45. The molecule has 0 unspecified atom stereocenters. The lowest BCUT2D eigenvalue weighted by Gasteiger charge is -2.30. The van der Waals surface area contributed by atoms with Gasteiger partial charge in [0.25, 0.3) is 5.56 Å². The minimum Gasteiger partial charge on any atom is -0.391 e. The summed E-state index contributed by atoms with van der Waals surface area (Å²) in [5.41, 5.74) is 0.270. The highest BCUT2D eigenvalue weighted by Gasteiger charge is 2.43. The van der Waals surface area contributed by atoms with Crippen LogP contribution in [0.15, 0.2) is 46.1 Å². The number of amides is 1. The summed E-state index contributed by atoms with van der Waals surface area (Å²) in [7, 11) is 0. The van der Waals surface area contributed by atoms with E-state index in [-0.39, 0.29) is 18.9 Å². The molecule has 3 rings (SSSR count). The third kappa shape index (κ3) is 4.01. The van der Waals surface area contributed by atoms with Crippen LogP contribution in [0.3, 0.4) is 0 Å². The lowest BCUT2D eigenvalue weighted by atomic mass is 10.2. The molecule has 1 aliphatic heterocycles. The van der Waals surface area contributed by atoms with Crippen molar-refractivity contribution in [1.29, 1.82) is 0 Å². The standard InChI is InChI=1S/C19H23N3O5/c1-12-9-21(19(26)20-18(12)25)17-8-16(24)15(22(17)13(2)23)11-27-10-14-6-4-3-5-7-14/h3-7,9,15-17,24H,8,10-11H2,1-2H3,(H,20,25,26)/t15-,16+,17-/m1/s1. The van der Waals surface area contributed by atoms with E-state index in [9.17, 15) is 19.5 Å². The zero-order valence-corrected chi connectivity index (χ0v) is 15.3. The first kappa shape index (κ1) is 19.1. The SMILES string of the molecule is CC(=O)N1[C@H](COCc2ccccc2)[C@@H](O)C[C@@H]1n1cc(C)c(=O)[nH]c1=O. The number of ether oxygens (including phenoxy) is 1. The smallest absolute Gasteiger partial charge is 0.330 e. The van der Waals surface area contributed by atoms with Gasteiger partial charge in [0.05, 0.1) is 25.4 Å². The number of H-pyrrole nitrogens is 1. The maximum Gasteiger partial charge on any atom is 0.330 e. The number of aromatic nitrogens is 2. The van der Waals surface area contributed by atoms with Crippen LogP contribution in [0.5, 0.6) is 0 Å². The van der Waals surface area contributed by atoms with E-state index < -0.39 is 29.6 Å². The van der Waals surface area contributed by atoms with Gasteiger partial charge in [0, 0.05) is 25.1 Å². The number of nitrogens with one attached hydrogen (secondary N) is 1. The molecule has 1 saturated heterocycles. The molecule has 0 radical (unpaired) electrons. The van der Waals surface area contributed by atoms with Crippen molar-refractivity contribution in [2.24, 2.45) is 0 Å². The van der Waals surface area contributed by atoms with Crippen molar-refractivity contribution < 1.29 is 14.6 Å². The van der Waals surface area contributed by atoms with E-state index in [0.29, 0.717) is 12.2 Å². The average Bonchev–Trinajstić information content (AvgIpc) is 2.95. The van der Waals surface area contributed by atoms with Crippen molar-refractivity contribution in [2.75, 3.05) is 6.61 Å². The largest absolute Gasteiger partial charge is 0.391 e. The maximum absolute atomic E-state index is 12.3. The third-order valence-electron chi connectivity index (χ3n) is 4.81. The third-order valence-corrected chi connectivity index (χ3v) is 4.81. The Morgan fingerprint density at radius 3 is 2.67 bits per heavy atom. The monoisotopic (exact) mass is 373 g/mol. The number of hydrogen-bond donors (Lipinski definition) is 2. The maximum atomic E-state index is 12.3. The average molecular weight is 373 g/mol. The van der Waals surface area contributed by atoms with E-state index in [4.69, 9.17) is 4.74 Å². The highest BCUT2D eigenvalue weighted by molar-refractivity contribution is 5.74. The predicted molar refractivity (Wildman–Crippen MR) is 98.1 cm³/mol. The number of rotatable bonds is 5. The molecule has 3 atom stereocenters. The van der Waals surface area contributed by atoms with Crippen molar-refractivity contribution in [3.63, 3.8) is 0 Å². The summed E-state index contributed by atoms with van der Waals surface area (Å²) < 4.78 is 7.00. The van der Waals surface area contributed by atoms with Crippen molar-refractivity contribution in [1.82, 2.24) is 14.5 Å². The van der Waals surface area contributed by atoms with Gasteiger partial charge in [-0.2, -0.15) is 0 Å². The summed E-state index contributed by atoms with van der Waals surface area (Å²) in [6.45, 7) is 3.47. The molecule has 1 aromatic carbocycles. The van der Waals surface area contributed by atoms with Crippen LogP contribution in [-0.4, -0.2) is 44.2 Å². The Balaban J connectivity index is 1.80. The van der Waals surface area contributed by atoms with E-state index >= 15 is 0 Å². The van der Waals surface area contributed by atoms with E-state index in [2.05, 4.69) is 4.98 Å². The van der Waals surface area contributed by atoms with Crippen LogP contribution in [0.4, 0.5) is 0 Å². The molecule has 0 spiro atoms. The minimum atomic E-state index is -0.839. The molecule has 1 fully saturated rings. The van der Waals surface area contributed by atoms with Gasteiger partial charge in [0.2, 0.25) is 5.91 Å². The first-order chi connectivity index (χ1) is 12.9. The molecule has 27 heavy (non-hydrogen) atoms. The van der Waals surface area contributed by atoms with E-state index in [0.717, 1.165) is 5.56 Å². The van der Waals surface area contributed by atoms with Crippen LogP contribution < -0.4 is 11.2 Å². The zero-order chi connectivity index (χ0) is 19.6. The number of benzene rings is 1. The molecule has 2 aromatic rings. The molecule has 2 N–H and O–H groups in total. The fourth-order valence-electron chi connectivity index (χ4n) is 3.45. The Kier molecular flexibility index (Phi) is 5.57. The van der Waals surface area contributed by atoms with Crippen molar-refractivity contribution >= 4 is 5.91 Å². The second-order valence-electron chi connectivity index (χ2n) is 6.76. The lowest BCUT2D eigenvalue weighted by Crippen LogP contribution is -2.46. The summed E-state index contributed by atoms with van der Waals surface area (Å²) in [4.78, 5) is 39.8. The number of likely N-dealkylation sites (tertiary alicyclic amines) is 1. The Morgan fingerprint density at radius 1 is 1.30 bits per heavy atom. The van der Waals surface area contributed by atoms with Gasteiger partial charge in [-0.3, -0.25) is 19.1 Å². The zero-order valence-electron chi connectivity index (χ0n) is 15.3. The van der Waals surface area contributed by atoms with Crippen molar-refractivity contribution in [2.45, 2.75) is 45.2 Å². The molecule has 1 aromatic heterocycles. The predicted octanol–water partition coefficient (Wildman–Crippen LogP) is 0.542. The molecule has 0 aliphatic carbocycles. The van der Waals surface area contributed by atoms with Gasteiger partial charge in [-0.1, -0.05) is 30.3 Å². The first-order valence-electron chi connectivity index (χ1n) is 8.79. The number of carbonyl (C=O) groups excluding carboxylic acids is 1. The number of aliphatic hydroxyl groups is 1. The number of aliphatic hydroxyl groups excluding tert-OH is 1. The Labute approximate surface area is 156 Å². The second-order valence-corrected chi connectivity index (χ2v) is 6.76. The molecule has 0 saturated carbocycles. The Morgan fingerprint density at radius 2 is 2.00 bits per heavy atom. The van der Waals surface area contributed by atoms with Crippen LogP contribution in [0.25, 0.3) is 0 Å². The number of nitrogens with zero attached hydrogens (tertiary/aromatic N) is 2. The van der Waals surface area contributed by atoms with Gasteiger partial charge in [-0.15, -0.1) is 0 Å². The lowest BCUT2D eigenvalue weighted by molar-refractivity contribution is -0.136. The summed E-state index contributed by atoms with van der Waals surface area (Å²) in [6, 6.07) is 9.02. The van der Waals surface area contributed by atoms with Gasteiger partial charge in [0.1, 0.15) is 6.17 Å². The Hall–Kier alpha value is -2.71. The number of carbonyl (C=O) groups is 1. The molecule has 8 heteroatoms. The molecular formula is C19H23N3O5. The molecule has 8 nitrogen and oxygen atoms in total. The molecular weight excluding hydrogens is 350 g/mol. The summed E-state index contributed by atoms with van der Waals surface area (Å²) in [5, 5.41) is 10.5. The van der Waals surface area contributed by atoms with Crippen LogP contribution in [0, 0.1) is 6.92 Å². The van der Waals surface area contributed by atoms with Crippen LogP contribution in [0.2, 0.25) is 0 Å². The fraction of sp³-hybridized carbons (Fsp3) is 0.421. The molecule has 2 heterocycles. The molecule has 144 valence electrons. The van der Waals surface area contributed by atoms with Crippen LogP contribution in [0.1, 0.15) is 30.6 Å². The number of aromatic amines is 1. The van der Waals surface area contributed by atoms with Crippen LogP contribution >= 0.6 is 0 Å². The normalized spacial score (nSPS) is 22.2. The van der Waals surface area contributed by atoms with E-state index in [1.165, 1.54) is 22.6 Å². The van der Waals surface area contributed by atoms with Crippen molar-refractivity contribution in [3.8, 4) is 0 Å². The second kappa shape index (κ2) is 7.89. The van der Waals surface area contributed by atoms with E-state index in [1.54, 1.807) is 6.92 Å². The van der Waals surface area contributed by atoms with Crippen molar-refractivity contribution in [3.05, 3.63) is 68.5 Å². The molecule has 1 amide bonds. The highest BCUT2D eigenvalue weighted by atomic mass is 16.5. The number of hydrogen-bond acceptors (Lipinski definition) is 5. The van der Waals surface area contributed by atoms with Gasteiger partial charge in [-0.05, 0) is 12.5 Å². The van der Waals surface area contributed by atoms with Gasteiger partial charge in [0.15, 0.2) is 0 Å². The quantitative estimate of drug-likeness (QED) is 0.796. The summed E-state index contributed by atoms with van der Waals surface area (Å²) >= 11 is 0. The summed E-state index contributed by atoms with van der Waals surface area (Å²) in [5.74, 6) is -0.277. The van der Waals surface area contributed by atoms with Crippen LogP contribution in [-0.2, 0) is 16.1 Å². The minimum absolute atomic E-state index is 0.142. The van der Waals surface area contributed by atoms with Gasteiger partial charge >= 0.3 is 5.69 Å². The highest BCUT2D eigenvalue weighted by Crippen LogP contribution is 2.32. The topological polar surface area (TPSA) is 105 Å². The Bertz CT molecular complexity index is 921. The molecule has 1 aliphatic rings.